The molecule has 1 aromatic carbocycles. The Kier molecular flexibility index (Phi) is 4.11. The van der Waals surface area contributed by atoms with E-state index in [0.717, 1.165) is 22.8 Å². The van der Waals surface area contributed by atoms with Gasteiger partial charge in [0.15, 0.2) is 0 Å². The van der Waals surface area contributed by atoms with Crippen molar-refractivity contribution in [3.63, 3.8) is 0 Å². The number of rotatable bonds is 6. The minimum atomic E-state index is 0.494. The first-order valence-corrected chi connectivity index (χ1v) is 8.29. The lowest BCUT2D eigenvalue weighted by Gasteiger charge is -2.00. The van der Waals surface area contributed by atoms with Crippen molar-refractivity contribution in [3.05, 3.63) is 66.3 Å². The Labute approximate surface area is 141 Å². The van der Waals surface area contributed by atoms with Crippen LogP contribution in [0.2, 0.25) is 0 Å². The Morgan fingerprint density at radius 1 is 1.04 bits per heavy atom. The molecule has 0 saturated carbocycles. The molecule has 0 aliphatic carbocycles. The highest BCUT2D eigenvalue weighted by Gasteiger charge is 2.12. The first-order chi connectivity index (χ1) is 11.9. The SMILES string of the molecule is c1ccc(-c2cc(CSc3nnnn3Cc3ccco3)on2)cc1. The second kappa shape index (κ2) is 6.71. The van der Waals surface area contributed by atoms with E-state index in [9.17, 15) is 0 Å². The predicted octanol–water partition coefficient (Wildman–Crippen LogP) is 3.26. The largest absolute Gasteiger partial charge is 0.467 e. The summed E-state index contributed by atoms with van der Waals surface area (Å²) in [7, 11) is 0. The molecule has 0 saturated heterocycles. The highest BCUT2D eigenvalue weighted by Crippen LogP contribution is 2.24. The summed E-state index contributed by atoms with van der Waals surface area (Å²) in [6, 6.07) is 15.6. The smallest absolute Gasteiger partial charge is 0.210 e. The van der Waals surface area contributed by atoms with Crippen LogP contribution in [0.15, 0.2) is 68.9 Å². The van der Waals surface area contributed by atoms with Gasteiger partial charge >= 0.3 is 0 Å². The number of furan rings is 1. The van der Waals surface area contributed by atoms with Crippen molar-refractivity contribution in [2.75, 3.05) is 0 Å². The zero-order valence-electron chi connectivity index (χ0n) is 12.6. The average Bonchev–Trinajstić information content (AvgIpc) is 3.37. The van der Waals surface area contributed by atoms with Gasteiger partial charge in [-0.25, -0.2) is 4.68 Å². The molecule has 24 heavy (non-hydrogen) atoms. The molecule has 3 aromatic heterocycles. The summed E-state index contributed by atoms with van der Waals surface area (Å²) in [5.41, 5.74) is 1.85. The van der Waals surface area contributed by atoms with Gasteiger partial charge in [-0.2, -0.15) is 0 Å². The highest BCUT2D eigenvalue weighted by molar-refractivity contribution is 7.98. The van der Waals surface area contributed by atoms with Gasteiger partial charge in [0.2, 0.25) is 5.16 Å². The quantitative estimate of drug-likeness (QED) is 0.499. The van der Waals surface area contributed by atoms with Crippen LogP contribution in [0.5, 0.6) is 0 Å². The van der Waals surface area contributed by atoms with Crippen molar-refractivity contribution in [3.8, 4) is 11.3 Å². The Balaban J connectivity index is 1.43. The van der Waals surface area contributed by atoms with Crippen molar-refractivity contribution in [1.29, 1.82) is 0 Å². The number of aromatic nitrogens is 5. The number of hydrogen-bond acceptors (Lipinski definition) is 7. The standard InChI is InChI=1S/C16H13N5O2S/c1-2-5-12(6-3-1)15-9-14(23-18-15)11-24-16-17-19-20-21(16)10-13-7-4-8-22-13/h1-9H,10-11H2. The molecule has 4 aromatic rings. The predicted molar refractivity (Wildman–Crippen MR) is 87.1 cm³/mol. The third-order valence-corrected chi connectivity index (χ3v) is 4.34. The average molecular weight is 339 g/mol. The fourth-order valence-electron chi connectivity index (χ4n) is 2.21. The van der Waals surface area contributed by atoms with Gasteiger partial charge in [-0.15, -0.1) is 5.10 Å². The molecule has 3 heterocycles. The van der Waals surface area contributed by atoms with E-state index in [0.29, 0.717) is 17.5 Å². The van der Waals surface area contributed by atoms with E-state index in [1.165, 1.54) is 11.8 Å². The summed E-state index contributed by atoms with van der Waals surface area (Å²) in [6.07, 6.45) is 1.63. The van der Waals surface area contributed by atoms with E-state index in [1.807, 2.05) is 48.5 Å². The molecule has 0 amide bonds. The Morgan fingerprint density at radius 3 is 2.79 bits per heavy atom. The molecule has 0 radical (unpaired) electrons. The van der Waals surface area contributed by atoms with Crippen molar-refractivity contribution < 1.29 is 8.94 Å². The highest BCUT2D eigenvalue weighted by atomic mass is 32.2. The van der Waals surface area contributed by atoms with Gasteiger partial charge in [-0.05, 0) is 22.6 Å². The summed E-state index contributed by atoms with van der Waals surface area (Å²) in [5.74, 6) is 2.17. The molecule has 0 unspecified atom stereocenters. The zero-order valence-corrected chi connectivity index (χ0v) is 13.4. The van der Waals surface area contributed by atoms with Crippen LogP contribution in [0.1, 0.15) is 11.5 Å². The summed E-state index contributed by atoms with van der Waals surface area (Å²) in [5, 5.41) is 16.6. The van der Waals surface area contributed by atoms with Crippen LogP contribution in [-0.4, -0.2) is 25.4 Å². The third kappa shape index (κ3) is 3.23. The van der Waals surface area contributed by atoms with Crippen LogP contribution in [0.3, 0.4) is 0 Å². The normalized spacial score (nSPS) is 11.0. The van der Waals surface area contributed by atoms with Crippen molar-refractivity contribution in [1.82, 2.24) is 25.4 Å². The Morgan fingerprint density at radius 2 is 1.96 bits per heavy atom. The van der Waals surface area contributed by atoms with E-state index in [1.54, 1.807) is 10.9 Å². The fraction of sp³-hybridized carbons (Fsp3) is 0.125. The summed E-state index contributed by atoms with van der Waals surface area (Å²) in [4.78, 5) is 0. The van der Waals surface area contributed by atoms with E-state index in [-0.39, 0.29) is 0 Å². The van der Waals surface area contributed by atoms with Gasteiger partial charge in [0.25, 0.3) is 0 Å². The topological polar surface area (TPSA) is 82.8 Å². The molecule has 8 heteroatoms. The summed E-state index contributed by atoms with van der Waals surface area (Å²) < 4.78 is 12.4. The number of tetrazole rings is 1. The molecule has 0 fully saturated rings. The first kappa shape index (κ1) is 14.7. The number of thioether (sulfide) groups is 1. The second-order valence-electron chi connectivity index (χ2n) is 5.03. The fourth-order valence-corrected chi connectivity index (χ4v) is 2.96. The van der Waals surface area contributed by atoms with Crippen LogP contribution >= 0.6 is 11.8 Å². The van der Waals surface area contributed by atoms with Gasteiger partial charge in [-0.1, -0.05) is 47.3 Å². The number of hydrogen-bond donors (Lipinski definition) is 0. The summed E-state index contributed by atoms with van der Waals surface area (Å²) >= 11 is 1.49. The van der Waals surface area contributed by atoms with Crippen LogP contribution in [0.25, 0.3) is 11.3 Å². The number of nitrogens with zero attached hydrogens (tertiary/aromatic N) is 5. The molecule has 0 N–H and O–H groups in total. The van der Waals surface area contributed by atoms with Gasteiger partial charge in [0.05, 0.1) is 12.0 Å². The Bertz CT molecular complexity index is 902. The molecule has 7 nitrogen and oxygen atoms in total. The van der Waals surface area contributed by atoms with Crippen LogP contribution in [0.4, 0.5) is 0 Å². The van der Waals surface area contributed by atoms with Crippen molar-refractivity contribution in [2.24, 2.45) is 0 Å². The lowest BCUT2D eigenvalue weighted by molar-refractivity contribution is 0.397. The number of benzene rings is 1. The van der Waals surface area contributed by atoms with E-state index < -0.39 is 0 Å². The maximum absolute atomic E-state index is 5.40. The van der Waals surface area contributed by atoms with Crippen molar-refractivity contribution in [2.45, 2.75) is 17.5 Å². The Hall–Kier alpha value is -2.87. The van der Waals surface area contributed by atoms with Crippen LogP contribution in [-0.2, 0) is 12.3 Å². The minimum Gasteiger partial charge on any atom is -0.467 e. The minimum absolute atomic E-state index is 0.494. The van der Waals surface area contributed by atoms with E-state index in [4.69, 9.17) is 8.94 Å². The first-order valence-electron chi connectivity index (χ1n) is 7.31. The lowest BCUT2D eigenvalue weighted by atomic mass is 10.1. The maximum atomic E-state index is 5.40. The molecule has 4 rings (SSSR count). The molecule has 120 valence electrons. The zero-order chi connectivity index (χ0) is 16.2. The lowest BCUT2D eigenvalue weighted by Crippen LogP contribution is -2.02. The van der Waals surface area contributed by atoms with E-state index in [2.05, 4.69) is 20.7 Å². The van der Waals surface area contributed by atoms with Gasteiger partial charge in [0, 0.05) is 11.6 Å². The molecular formula is C16H13N5O2S. The molecule has 0 aliphatic heterocycles. The maximum Gasteiger partial charge on any atom is 0.210 e. The van der Waals surface area contributed by atoms with Gasteiger partial charge in [0.1, 0.15) is 23.8 Å². The van der Waals surface area contributed by atoms with Crippen LogP contribution in [0, 0.1) is 0 Å². The van der Waals surface area contributed by atoms with Gasteiger partial charge < -0.3 is 8.94 Å². The van der Waals surface area contributed by atoms with Crippen LogP contribution < -0.4 is 0 Å². The molecule has 0 aliphatic rings. The molecule has 0 atom stereocenters. The second-order valence-corrected chi connectivity index (χ2v) is 5.97. The van der Waals surface area contributed by atoms with E-state index >= 15 is 0 Å². The third-order valence-electron chi connectivity index (χ3n) is 3.36. The van der Waals surface area contributed by atoms with Gasteiger partial charge in [-0.3, -0.25) is 0 Å². The molecular weight excluding hydrogens is 326 g/mol. The van der Waals surface area contributed by atoms with Crippen molar-refractivity contribution >= 4 is 11.8 Å². The molecule has 0 bridgehead atoms. The molecule has 0 spiro atoms. The summed E-state index contributed by atoms with van der Waals surface area (Å²) in [6.45, 7) is 0.494. The monoisotopic (exact) mass is 339 g/mol.